The van der Waals surface area contributed by atoms with Crippen LogP contribution in [0.3, 0.4) is 0 Å². The van der Waals surface area contributed by atoms with Gasteiger partial charge in [-0.05, 0) is 47.2 Å². The molecule has 0 heterocycles. The van der Waals surface area contributed by atoms with E-state index >= 15 is 0 Å². The number of ether oxygens (including phenoxy) is 1. The van der Waals surface area contributed by atoms with Crippen LogP contribution in [0.15, 0.2) is 18.2 Å². The molecule has 0 saturated carbocycles. The molecule has 2 N–H and O–H groups in total. The monoisotopic (exact) mass is 321 g/mol. The quantitative estimate of drug-likeness (QED) is 0.840. The first-order valence-corrected chi connectivity index (χ1v) is 5.59. The minimum absolute atomic E-state index is 0.246. The standard InChI is InChI=1S/C10H12INO3/c1-2-15-10(14)12-6-7-3-4-9(13)8(11)5-7/h3-5,13H,2,6H2,1H3,(H,12,14). The van der Waals surface area contributed by atoms with E-state index in [1.54, 1.807) is 19.1 Å². The topological polar surface area (TPSA) is 58.6 Å². The summed E-state index contributed by atoms with van der Waals surface area (Å²) in [5.74, 6) is 0.246. The van der Waals surface area contributed by atoms with Crippen molar-refractivity contribution in [2.75, 3.05) is 6.61 Å². The highest BCUT2D eigenvalue weighted by Gasteiger charge is 2.02. The molecule has 1 amide bonds. The van der Waals surface area contributed by atoms with Gasteiger partial charge < -0.3 is 15.2 Å². The van der Waals surface area contributed by atoms with Gasteiger partial charge in [-0.15, -0.1) is 0 Å². The minimum atomic E-state index is -0.430. The van der Waals surface area contributed by atoms with Gasteiger partial charge in [0.25, 0.3) is 0 Å². The second-order valence-corrected chi connectivity index (χ2v) is 4.02. The molecule has 1 aromatic rings. The number of amides is 1. The van der Waals surface area contributed by atoms with E-state index in [9.17, 15) is 9.90 Å². The summed E-state index contributed by atoms with van der Waals surface area (Å²) in [7, 11) is 0. The van der Waals surface area contributed by atoms with Gasteiger partial charge in [0, 0.05) is 6.54 Å². The number of hydrogen-bond acceptors (Lipinski definition) is 3. The number of phenolic OH excluding ortho intramolecular Hbond substituents is 1. The Balaban J connectivity index is 2.51. The molecule has 1 aromatic carbocycles. The maximum atomic E-state index is 11.0. The fourth-order valence-corrected chi connectivity index (χ4v) is 1.60. The Bertz CT molecular complexity index is 355. The van der Waals surface area contributed by atoms with Gasteiger partial charge in [0.1, 0.15) is 5.75 Å². The first-order valence-electron chi connectivity index (χ1n) is 4.51. The summed E-state index contributed by atoms with van der Waals surface area (Å²) in [6.07, 6.45) is -0.430. The Morgan fingerprint density at radius 2 is 2.33 bits per heavy atom. The Hall–Kier alpha value is -0.980. The number of carbonyl (C=O) groups excluding carboxylic acids is 1. The first kappa shape index (κ1) is 12.1. The van der Waals surface area contributed by atoms with Gasteiger partial charge in [-0.3, -0.25) is 0 Å². The van der Waals surface area contributed by atoms with Gasteiger partial charge in [-0.25, -0.2) is 4.79 Å². The van der Waals surface area contributed by atoms with Crippen LogP contribution < -0.4 is 5.32 Å². The molecular formula is C10H12INO3. The SMILES string of the molecule is CCOC(=O)NCc1ccc(O)c(I)c1. The molecule has 0 aliphatic heterocycles. The molecule has 0 aliphatic carbocycles. The number of carbonyl (C=O) groups is 1. The number of nitrogens with one attached hydrogen (secondary N) is 1. The summed E-state index contributed by atoms with van der Waals surface area (Å²) in [5.41, 5.74) is 0.922. The van der Waals surface area contributed by atoms with Gasteiger partial charge in [0.05, 0.1) is 10.2 Å². The predicted octanol–water partition coefficient (Wildman–Crippen LogP) is 2.24. The van der Waals surface area contributed by atoms with Crippen molar-refractivity contribution in [2.45, 2.75) is 13.5 Å². The number of halogens is 1. The number of aromatic hydroxyl groups is 1. The molecule has 0 aliphatic rings. The van der Waals surface area contributed by atoms with Crippen LogP contribution >= 0.6 is 22.6 Å². The zero-order chi connectivity index (χ0) is 11.3. The summed E-state index contributed by atoms with van der Waals surface area (Å²) in [5, 5.41) is 11.9. The predicted molar refractivity (Wildman–Crippen MR) is 64.7 cm³/mol. The molecular weight excluding hydrogens is 309 g/mol. The number of rotatable bonds is 3. The van der Waals surface area contributed by atoms with Gasteiger partial charge in [0.2, 0.25) is 0 Å². The molecule has 0 aromatic heterocycles. The third-order valence-corrected chi connectivity index (χ3v) is 2.59. The Morgan fingerprint density at radius 1 is 1.60 bits per heavy atom. The molecule has 82 valence electrons. The zero-order valence-corrected chi connectivity index (χ0v) is 10.4. The second kappa shape index (κ2) is 5.79. The van der Waals surface area contributed by atoms with Crippen molar-refractivity contribution < 1.29 is 14.6 Å². The summed E-state index contributed by atoms with van der Waals surface area (Å²) in [4.78, 5) is 11.0. The Kier molecular flexibility index (Phi) is 4.67. The summed E-state index contributed by atoms with van der Waals surface area (Å²) < 4.78 is 5.48. The Morgan fingerprint density at radius 3 is 2.93 bits per heavy atom. The van der Waals surface area contributed by atoms with Crippen LogP contribution in [-0.2, 0) is 11.3 Å². The third kappa shape index (κ3) is 3.94. The Labute approximate surface area is 102 Å². The molecule has 0 atom stereocenters. The number of hydrogen-bond donors (Lipinski definition) is 2. The highest BCUT2D eigenvalue weighted by atomic mass is 127. The van der Waals surface area contributed by atoms with Gasteiger partial charge in [-0.2, -0.15) is 0 Å². The van der Waals surface area contributed by atoms with Crippen molar-refractivity contribution in [3.05, 3.63) is 27.3 Å². The van der Waals surface area contributed by atoms with E-state index in [-0.39, 0.29) is 5.75 Å². The number of benzene rings is 1. The smallest absolute Gasteiger partial charge is 0.407 e. The van der Waals surface area contributed by atoms with E-state index in [0.717, 1.165) is 9.13 Å². The van der Waals surface area contributed by atoms with Crippen LogP contribution in [0.1, 0.15) is 12.5 Å². The lowest BCUT2D eigenvalue weighted by molar-refractivity contribution is 0.151. The van der Waals surface area contributed by atoms with Crippen molar-refractivity contribution in [1.82, 2.24) is 5.32 Å². The van der Waals surface area contributed by atoms with E-state index in [0.29, 0.717) is 13.2 Å². The molecule has 15 heavy (non-hydrogen) atoms. The first-order chi connectivity index (χ1) is 7.13. The molecule has 0 bridgehead atoms. The van der Waals surface area contributed by atoms with Crippen molar-refractivity contribution in [2.24, 2.45) is 0 Å². The fraction of sp³-hybridized carbons (Fsp3) is 0.300. The van der Waals surface area contributed by atoms with Crippen LogP contribution in [0.25, 0.3) is 0 Å². The molecule has 0 spiro atoms. The van der Waals surface area contributed by atoms with E-state index in [2.05, 4.69) is 5.32 Å². The molecule has 4 nitrogen and oxygen atoms in total. The van der Waals surface area contributed by atoms with Gasteiger partial charge in [-0.1, -0.05) is 6.07 Å². The van der Waals surface area contributed by atoms with E-state index < -0.39 is 6.09 Å². The lowest BCUT2D eigenvalue weighted by Gasteiger charge is -2.06. The fourth-order valence-electron chi connectivity index (χ4n) is 1.02. The van der Waals surface area contributed by atoms with E-state index in [1.807, 2.05) is 28.7 Å². The van der Waals surface area contributed by atoms with Gasteiger partial charge in [0.15, 0.2) is 0 Å². The zero-order valence-electron chi connectivity index (χ0n) is 8.29. The maximum Gasteiger partial charge on any atom is 0.407 e. The van der Waals surface area contributed by atoms with Crippen molar-refractivity contribution in [3.63, 3.8) is 0 Å². The van der Waals surface area contributed by atoms with Gasteiger partial charge >= 0.3 is 6.09 Å². The molecule has 1 rings (SSSR count). The summed E-state index contributed by atoms with van der Waals surface area (Å²) in [6, 6.07) is 5.16. The maximum absolute atomic E-state index is 11.0. The number of alkyl carbamates (subject to hydrolysis) is 1. The minimum Gasteiger partial charge on any atom is -0.507 e. The van der Waals surface area contributed by atoms with Crippen molar-refractivity contribution in [1.29, 1.82) is 0 Å². The van der Waals surface area contributed by atoms with Crippen LogP contribution in [0.2, 0.25) is 0 Å². The van der Waals surface area contributed by atoms with Crippen LogP contribution in [-0.4, -0.2) is 17.8 Å². The molecule has 0 saturated heterocycles. The van der Waals surface area contributed by atoms with E-state index in [1.165, 1.54) is 0 Å². The average molecular weight is 321 g/mol. The van der Waals surface area contributed by atoms with Crippen LogP contribution in [0.5, 0.6) is 5.75 Å². The molecule has 0 radical (unpaired) electrons. The normalized spacial score (nSPS) is 9.73. The average Bonchev–Trinajstić information content (AvgIpc) is 2.20. The highest BCUT2D eigenvalue weighted by molar-refractivity contribution is 14.1. The largest absolute Gasteiger partial charge is 0.507 e. The molecule has 0 unspecified atom stereocenters. The third-order valence-electron chi connectivity index (χ3n) is 1.72. The van der Waals surface area contributed by atoms with Crippen molar-refractivity contribution >= 4 is 28.7 Å². The number of phenols is 1. The highest BCUT2D eigenvalue weighted by Crippen LogP contribution is 2.19. The van der Waals surface area contributed by atoms with Crippen molar-refractivity contribution in [3.8, 4) is 5.75 Å². The van der Waals surface area contributed by atoms with E-state index in [4.69, 9.17) is 4.74 Å². The molecule has 5 heteroatoms. The summed E-state index contributed by atoms with van der Waals surface area (Å²) >= 11 is 2.03. The summed E-state index contributed by atoms with van der Waals surface area (Å²) in [6.45, 7) is 2.51. The lowest BCUT2D eigenvalue weighted by atomic mass is 10.2. The van der Waals surface area contributed by atoms with Crippen LogP contribution in [0.4, 0.5) is 4.79 Å². The second-order valence-electron chi connectivity index (χ2n) is 2.86. The molecule has 0 fully saturated rings. The lowest BCUT2D eigenvalue weighted by Crippen LogP contribution is -2.23. The van der Waals surface area contributed by atoms with Crippen LogP contribution in [0, 0.1) is 3.57 Å².